The van der Waals surface area contributed by atoms with Crippen LogP contribution in [0.5, 0.6) is 0 Å². The minimum absolute atomic E-state index is 0.0119. The number of carbonyl (C=O) groups is 11. The van der Waals surface area contributed by atoms with Crippen molar-refractivity contribution in [2.45, 2.75) is 107 Å². The smallest absolute Gasteiger partial charge is 0.328 e. The number of guanidine groups is 1. The van der Waals surface area contributed by atoms with Crippen molar-refractivity contribution in [1.29, 1.82) is 0 Å². The molecule has 0 unspecified atom stereocenters. The number of aliphatic imine (C=N–C) groups is 1. The Morgan fingerprint density at radius 3 is 1.73 bits per heavy atom. The van der Waals surface area contributed by atoms with E-state index < -0.39 is 153 Å². The van der Waals surface area contributed by atoms with Gasteiger partial charge in [-0.2, -0.15) is 0 Å². The number of nitrogens with one attached hydrogen (secondary N) is 5. The second-order valence-electron chi connectivity index (χ2n) is 13.3. The summed E-state index contributed by atoms with van der Waals surface area (Å²) in [5.41, 5.74) is 26.9. The third-order valence-electron chi connectivity index (χ3n) is 8.56. The minimum atomic E-state index is -1.94. The zero-order valence-electron chi connectivity index (χ0n) is 31.8. The van der Waals surface area contributed by atoms with Gasteiger partial charge in [0.25, 0.3) is 0 Å². The predicted octanol–water partition coefficient (Wildman–Crippen LogP) is -7.66. The van der Waals surface area contributed by atoms with Crippen LogP contribution in [-0.2, 0) is 52.7 Å². The Labute approximate surface area is 335 Å². The van der Waals surface area contributed by atoms with Crippen LogP contribution < -0.4 is 55.3 Å². The first kappa shape index (κ1) is 50.4. The Kier molecular flexibility index (Phi) is 21.2. The van der Waals surface area contributed by atoms with Crippen LogP contribution in [0.25, 0.3) is 0 Å². The topological polar surface area (TPSA) is 475 Å². The number of carboxylic acid groups (broad SMARTS) is 3. The number of hydrogen-bond donors (Lipinski definition) is 14. The number of carbonyl (C=O) groups excluding carboxylic acids is 8. The molecular formula is C32H52N12O15. The summed E-state index contributed by atoms with van der Waals surface area (Å²) in [6.45, 7) is -0.990. The number of nitrogens with two attached hydrogens (primary N) is 5. The van der Waals surface area contributed by atoms with E-state index in [9.17, 15) is 68.1 Å². The van der Waals surface area contributed by atoms with Crippen molar-refractivity contribution in [2.75, 3.05) is 19.7 Å². The molecular weight excluding hydrogens is 792 g/mol. The monoisotopic (exact) mass is 844 g/mol. The molecule has 0 saturated carbocycles. The van der Waals surface area contributed by atoms with Gasteiger partial charge in [-0.05, 0) is 38.5 Å². The molecule has 1 fully saturated rings. The molecule has 1 aliphatic rings. The van der Waals surface area contributed by atoms with E-state index in [0.29, 0.717) is 0 Å². The maximum Gasteiger partial charge on any atom is 0.328 e. The van der Waals surface area contributed by atoms with Crippen LogP contribution >= 0.6 is 0 Å². The van der Waals surface area contributed by atoms with Crippen LogP contribution in [-0.4, -0.2) is 158 Å². The normalized spacial score (nSPS) is 16.4. The Morgan fingerprint density at radius 2 is 1.20 bits per heavy atom. The number of aliphatic hydroxyl groups excluding tert-OH is 1. The lowest BCUT2D eigenvalue weighted by Gasteiger charge is -2.30. The van der Waals surface area contributed by atoms with Crippen LogP contribution in [0.1, 0.15) is 64.2 Å². The quantitative estimate of drug-likeness (QED) is 0.0207. The Balaban J connectivity index is 3.41. The standard InChI is InChI=1S/C32H52N12O15/c33-14(5-8-23(48)49)25(52)41-18(12-24(50)51)28(55)42-17(11-22(35)47)27(54)39-15(6-7-21(34)46)26(53)40-16(3-1-9-38-32(36)37)30(57)44-10-2-4-20(44)29(56)43-19(13-45)31(58)59/h14-20,45H,1-13,33H2,(H2,34,46)(H2,35,47)(H,39,54)(H,40,53)(H,41,52)(H,42,55)(H,43,56)(H,48,49)(H,50,51)(H,58,59)(H4,36,37,38)/t14-,15-,16-,17-,18-,19-,20-/m0/s1. The van der Waals surface area contributed by atoms with Gasteiger partial charge >= 0.3 is 17.9 Å². The molecule has 19 N–H and O–H groups in total. The molecule has 27 heteroatoms. The maximum absolute atomic E-state index is 13.9. The highest BCUT2D eigenvalue weighted by atomic mass is 16.4. The molecule has 27 nitrogen and oxygen atoms in total. The average molecular weight is 845 g/mol. The minimum Gasteiger partial charge on any atom is -0.481 e. The van der Waals surface area contributed by atoms with Crippen molar-refractivity contribution in [3.63, 3.8) is 0 Å². The molecule has 0 aromatic carbocycles. The number of nitrogens with zero attached hydrogens (tertiary/aromatic N) is 2. The van der Waals surface area contributed by atoms with Gasteiger partial charge in [0, 0.05) is 25.9 Å². The molecule has 0 bridgehead atoms. The lowest BCUT2D eigenvalue weighted by molar-refractivity contribution is -0.146. The molecule has 0 aromatic heterocycles. The van der Waals surface area contributed by atoms with Crippen molar-refractivity contribution >= 4 is 71.1 Å². The number of carboxylic acids is 3. The SMILES string of the molecule is NC(=O)CC[C@H](NC(=O)[C@H](CC(N)=O)NC(=O)[C@H](CC(=O)O)NC(=O)[C@@H](N)CCC(=O)O)C(=O)N[C@@H](CCCN=C(N)N)C(=O)N1CCC[C@H]1C(=O)N[C@@H](CO)C(=O)O. The van der Waals surface area contributed by atoms with Crippen LogP contribution in [0.3, 0.4) is 0 Å². The molecule has 7 atom stereocenters. The molecule has 1 saturated heterocycles. The number of aliphatic hydroxyl groups is 1. The highest BCUT2D eigenvalue weighted by Crippen LogP contribution is 2.20. The molecule has 1 rings (SSSR count). The summed E-state index contributed by atoms with van der Waals surface area (Å²) in [6.07, 6.45) is -3.74. The average Bonchev–Trinajstić information content (AvgIpc) is 3.64. The van der Waals surface area contributed by atoms with Gasteiger partial charge in [-0.1, -0.05) is 0 Å². The first-order valence-electron chi connectivity index (χ1n) is 18.0. The van der Waals surface area contributed by atoms with Crippen molar-refractivity contribution < 1.29 is 73.2 Å². The lowest BCUT2D eigenvalue weighted by Crippen LogP contribution is -2.60. The zero-order valence-corrected chi connectivity index (χ0v) is 31.8. The first-order valence-corrected chi connectivity index (χ1v) is 18.0. The highest BCUT2D eigenvalue weighted by Gasteiger charge is 2.40. The molecule has 0 radical (unpaired) electrons. The third kappa shape index (κ3) is 18.4. The Hall–Kier alpha value is -6.64. The summed E-state index contributed by atoms with van der Waals surface area (Å²) < 4.78 is 0. The number of primary amides is 2. The highest BCUT2D eigenvalue weighted by molar-refractivity contribution is 5.99. The molecule has 0 spiro atoms. The third-order valence-corrected chi connectivity index (χ3v) is 8.56. The van der Waals surface area contributed by atoms with E-state index in [-0.39, 0.29) is 44.7 Å². The second-order valence-corrected chi connectivity index (χ2v) is 13.3. The van der Waals surface area contributed by atoms with Crippen LogP contribution in [0.4, 0.5) is 0 Å². The molecule has 59 heavy (non-hydrogen) atoms. The van der Waals surface area contributed by atoms with E-state index >= 15 is 0 Å². The fourth-order valence-electron chi connectivity index (χ4n) is 5.57. The molecule has 1 heterocycles. The summed E-state index contributed by atoms with van der Waals surface area (Å²) in [6, 6.07) is -11.4. The van der Waals surface area contributed by atoms with Gasteiger partial charge in [-0.3, -0.25) is 52.9 Å². The molecule has 8 amide bonds. The number of amides is 8. The zero-order chi connectivity index (χ0) is 45.0. The molecule has 0 aromatic rings. The number of rotatable bonds is 27. The summed E-state index contributed by atoms with van der Waals surface area (Å²) in [5, 5.41) is 47.7. The Bertz CT molecular complexity index is 1620. The summed E-state index contributed by atoms with van der Waals surface area (Å²) in [4.78, 5) is 142. The van der Waals surface area contributed by atoms with E-state index in [1.165, 1.54) is 0 Å². The van der Waals surface area contributed by atoms with Crippen molar-refractivity contribution in [3.8, 4) is 0 Å². The fourth-order valence-corrected chi connectivity index (χ4v) is 5.57. The van der Waals surface area contributed by atoms with Crippen molar-refractivity contribution in [3.05, 3.63) is 0 Å². The molecule has 0 aliphatic carbocycles. The number of hydrogen-bond acceptors (Lipinski definition) is 14. The summed E-state index contributed by atoms with van der Waals surface area (Å²) in [7, 11) is 0. The Morgan fingerprint density at radius 1 is 0.644 bits per heavy atom. The van der Waals surface area contributed by atoms with E-state index in [2.05, 4.69) is 26.3 Å². The predicted molar refractivity (Wildman–Crippen MR) is 198 cm³/mol. The molecule has 1 aliphatic heterocycles. The second kappa shape index (κ2) is 24.9. The van der Waals surface area contributed by atoms with E-state index in [1.807, 2.05) is 5.32 Å². The van der Waals surface area contributed by atoms with E-state index in [1.54, 1.807) is 0 Å². The van der Waals surface area contributed by atoms with Crippen LogP contribution in [0.15, 0.2) is 4.99 Å². The van der Waals surface area contributed by atoms with Gasteiger partial charge in [0.15, 0.2) is 5.96 Å². The fraction of sp³-hybridized carbons (Fsp3) is 0.625. The largest absolute Gasteiger partial charge is 0.481 e. The van der Waals surface area contributed by atoms with E-state index in [4.69, 9.17) is 33.8 Å². The first-order chi connectivity index (χ1) is 27.6. The molecule has 330 valence electrons. The van der Waals surface area contributed by atoms with Gasteiger partial charge in [0.1, 0.15) is 36.3 Å². The summed E-state index contributed by atoms with van der Waals surface area (Å²) in [5.74, 6) is -13.4. The van der Waals surface area contributed by atoms with Gasteiger partial charge in [0.05, 0.1) is 25.5 Å². The lowest BCUT2D eigenvalue weighted by atomic mass is 10.0. The maximum atomic E-state index is 13.9. The van der Waals surface area contributed by atoms with Crippen molar-refractivity contribution in [1.82, 2.24) is 31.5 Å². The van der Waals surface area contributed by atoms with Crippen LogP contribution in [0, 0.1) is 0 Å². The van der Waals surface area contributed by atoms with Gasteiger partial charge < -0.3 is 80.6 Å². The van der Waals surface area contributed by atoms with Gasteiger partial charge in [0.2, 0.25) is 47.3 Å². The van der Waals surface area contributed by atoms with Crippen molar-refractivity contribution in [2.24, 2.45) is 33.7 Å². The van der Waals surface area contributed by atoms with Crippen LogP contribution in [0.2, 0.25) is 0 Å². The summed E-state index contributed by atoms with van der Waals surface area (Å²) >= 11 is 0. The van der Waals surface area contributed by atoms with Gasteiger partial charge in [-0.15, -0.1) is 0 Å². The van der Waals surface area contributed by atoms with Gasteiger partial charge in [-0.25, -0.2) is 4.79 Å². The number of likely N-dealkylation sites (tertiary alicyclic amines) is 1. The van der Waals surface area contributed by atoms with E-state index in [0.717, 1.165) is 4.90 Å². The number of aliphatic carboxylic acids is 3.